The first-order chi connectivity index (χ1) is 9.17. The maximum Gasteiger partial charge on any atom is 0.182 e. The Morgan fingerprint density at radius 3 is 2.95 bits per heavy atom. The Morgan fingerprint density at radius 1 is 1.32 bits per heavy atom. The fourth-order valence-corrected chi connectivity index (χ4v) is 1.95. The SMILES string of the molecule is COc1cccc(-c2nc3cc(Cl)c(N)cn3n2)c1. The van der Waals surface area contributed by atoms with Crippen molar-refractivity contribution in [3.8, 4) is 17.1 Å². The van der Waals surface area contributed by atoms with Crippen LogP contribution in [0.2, 0.25) is 5.02 Å². The average Bonchev–Trinajstić information content (AvgIpc) is 2.82. The molecule has 0 saturated carbocycles. The summed E-state index contributed by atoms with van der Waals surface area (Å²) >= 11 is 5.96. The maximum absolute atomic E-state index is 5.96. The van der Waals surface area contributed by atoms with Gasteiger partial charge in [0, 0.05) is 11.6 Å². The summed E-state index contributed by atoms with van der Waals surface area (Å²) in [7, 11) is 1.62. The fraction of sp³-hybridized carbons (Fsp3) is 0.0769. The standard InChI is InChI=1S/C13H11ClN4O/c1-19-9-4-2-3-8(5-9)13-16-12-6-10(14)11(15)7-18(12)17-13/h2-7H,15H2,1H3. The van der Waals surface area contributed by atoms with Crippen LogP contribution in [0.1, 0.15) is 0 Å². The molecule has 3 aromatic rings. The molecule has 0 aliphatic heterocycles. The van der Waals surface area contributed by atoms with Crippen LogP contribution in [-0.2, 0) is 0 Å². The third-order valence-corrected chi connectivity index (χ3v) is 3.11. The summed E-state index contributed by atoms with van der Waals surface area (Å²) in [5.74, 6) is 1.36. The highest BCUT2D eigenvalue weighted by molar-refractivity contribution is 6.33. The molecular formula is C13H11ClN4O. The van der Waals surface area contributed by atoms with Crippen molar-refractivity contribution in [2.75, 3.05) is 12.8 Å². The number of fused-ring (bicyclic) bond motifs is 1. The number of nitrogens with two attached hydrogens (primary N) is 1. The molecule has 0 saturated heterocycles. The van der Waals surface area contributed by atoms with E-state index in [4.69, 9.17) is 22.1 Å². The Bertz CT molecular complexity index is 714. The van der Waals surface area contributed by atoms with E-state index >= 15 is 0 Å². The molecule has 0 radical (unpaired) electrons. The number of nitrogens with zero attached hydrogens (tertiary/aromatic N) is 3. The number of benzene rings is 1. The van der Waals surface area contributed by atoms with Crippen LogP contribution in [0.5, 0.6) is 5.75 Å². The Labute approximate surface area is 114 Å². The van der Waals surface area contributed by atoms with Gasteiger partial charge < -0.3 is 10.5 Å². The van der Waals surface area contributed by atoms with Gasteiger partial charge >= 0.3 is 0 Å². The summed E-state index contributed by atoms with van der Waals surface area (Å²) in [6.45, 7) is 0. The van der Waals surface area contributed by atoms with Gasteiger partial charge in [0.2, 0.25) is 0 Å². The van der Waals surface area contributed by atoms with Crippen molar-refractivity contribution in [3.05, 3.63) is 41.6 Å². The molecule has 5 nitrogen and oxygen atoms in total. The van der Waals surface area contributed by atoms with Crippen LogP contribution in [0.15, 0.2) is 36.5 Å². The van der Waals surface area contributed by atoms with Crippen LogP contribution in [0, 0.1) is 0 Å². The number of hydrogen-bond donors (Lipinski definition) is 1. The molecule has 1 aromatic carbocycles. The zero-order valence-corrected chi connectivity index (χ0v) is 10.9. The third-order valence-electron chi connectivity index (χ3n) is 2.78. The summed E-state index contributed by atoms with van der Waals surface area (Å²) in [6.07, 6.45) is 1.65. The topological polar surface area (TPSA) is 65.4 Å². The van der Waals surface area contributed by atoms with Gasteiger partial charge in [0.25, 0.3) is 0 Å². The Balaban J connectivity index is 2.14. The monoisotopic (exact) mass is 274 g/mol. The lowest BCUT2D eigenvalue weighted by atomic mass is 10.2. The predicted octanol–water partition coefficient (Wildman–Crippen LogP) is 2.64. The second-order valence-corrected chi connectivity index (χ2v) is 4.45. The van der Waals surface area contributed by atoms with Crippen molar-refractivity contribution in [1.82, 2.24) is 14.6 Å². The minimum Gasteiger partial charge on any atom is -0.497 e. The number of methoxy groups -OCH3 is 1. The number of ether oxygens (including phenoxy) is 1. The van der Waals surface area contributed by atoms with E-state index in [1.807, 2.05) is 24.3 Å². The lowest BCUT2D eigenvalue weighted by Gasteiger charge is -2.00. The molecule has 6 heteroatoms. The van der Waals surface area contributed by atoms with Gasteiger partial charge in [-0.05, 0) is 12.1 Å². The van der Waals surface area contributed by atoms with E-state index in [-0.39, 0.29) is 0 Å². The van der Waals surface area contributed by atoms with E-state index in [1.165, 1.54) is 0 Å². The quantitative estimate of drug-likeness (QED) is 0.780. The van der Waals surface area contributed by atoms with Crippen LogP contribution in [0.25, 0.3) is 17.0 Å². The summed E-state index contributed by atoms with van der Waals surface area (Å²) in [5.41, 5.74) is 7.73. The maximum atomic E-state index is 5.96. The molecule has 2 N–H and O–H groups in total. The first-order valence-corrected chi connectivity index (χ1v) is 6.01. The predicted molar refractivity (Wildman–Crippen MR) is 74.4 cm³/mol. The number of nitrogen functional groups attached to an aromatic ring is 1. The van der Waals surface area contributed by atoms with Crippen LogP contribution >= 0.6 is 11.6 Å². The van der Waals surface area contributed by atoms with Crippen molar-refractivity contribution < 1.29 is 4.74 Å². The lowest BCUT2D eigenvalue weighted by molar-refractivity contribution is 0.415. The van der Waals surface area contributed by atoms with Crippen molar-refractivity contribution in [1.29, 1.82) is 0 Å². The second kappa shape index (κ2) is 4.44. The van der Waals surface area contributed by atoms with E-state index in [2.05, 4.69) is 10.1 Å². The lowest BCUT2D eigenvalue weighted by Crippen LogP contribution is -1.93. The van der Waals surface area contributed by atoms with Gasteiger partial charge in [-0.2, -0.15) is 0 Å². The minimum atomic E-state index is 0.469. The normalized spacial score (nSPS) is 10.8. The van der Waals surface area contributed by atoms with Gasteiger partial charge in [-0.15, -0.1) is 5.10 Å². The molecular weight excluding hydrogens is 264 g/mol. The number of aromatic nitrogens is 3. The smallest absolute Gasteiger partial charge is 0.182 e. The van der Waals surface area contributed by atoms with Crippen LogP contribution < -0.4 is 10.5 Å². The second-order valence-electron chi connectivity index (χ2n) is 4.05. The van der Waals surface area contributed by atoms with Gasteiger partial charge in [0.05, 0.1) is 24.0 Å². The molecule has 3 rings (SSSR count). The summed E-state index contributed by atoms with van der Waals surface area (Å²) in [6, 6.07) is 9.24. The van der Waals surface area contributed by atoms with E-state index in [0.29, 0.717) is 22.2 Å². The van der Waals surface area contributed by atoms with Gasteiger partial charge in [0.1, 0.15) is 5.75 Å². The zero-order valence-electron chi connectivity index (χ0n) is 10.2. The Hall–Kier alpha value is -2.27. The number of halogens is 1. The number of anilines is 1. The average molecular weight is 275 g/mol. The van der Waals surface area contributed by atoms with Gasteiger partial charge in [-0.1, -0.05) is 23.7 Å². The molecule has 0 unspecified atom stereocenters. The molecule has 0 spiro atoms. The zero-order chi connectivity index (χ0) is 13.4. The highest BCUT2D eigenvalue weighted by Gasteiger charge is 2.09. The number of rotatable bonds is 2. The molecule has 96 valence electrons. The summed E-state index contributed by atoms with van der Waals surface area (Å²) < 4.78 is 6.79. The Kier molecular flexibility index (Phi) is 2.76. The van der Waals surface area contributed by atoms with Crippen LogP contribution in [0.4, 0.5) is 5.69 Å². The van der Waals surface area contributed by atoms with E-state index in [0.717, 1.165) is 11.3 Å². The van der Waals surface area contributed by atoms with Gasteiger partial charge in [-0.3, -0.25) is 0 Å². The van der Waals surface area contributed by atoms with Crippen molar-refractivity contribution in [2.45, 2.75) is 0 Å². The van der Waals surface area contributed by atoms with Crippen molar-refractivity contribution in [3.63, 3.8) is 0 Å². The van der Waals surface area contributed by atoms with Crippen LogP contribution in [0.3, 0.4) is 0 Å². The van der Waals surface area contributed by atoms with E-state index in [9.17, 15) is 0 Å². The molecule has 0 atom stereocenters. The molecule has 19 heavy (non-hydrogen) atoms. The molecule has 0 bridgehead atoms. The molecule has 0 amide bonds. The highest BCUT2D eigenvalue weighted by atomic mass is 35.5. The number of hydrogen-bond acceptors (Lipinski definition) is 4. The molecule has 2 aromatic heterocycles. The van der Waals surface area contributed by atoms with E-state index < -0.39 is 0 Å². The molecule has 0 aliphatic carbocycles. The molecule has 2 heterocycles. The first kappa shape index (κ1) is 11.8. The Morgan fingerprint density at radius 2 is 2.16 bits per heavy atom. The molecule has 0 fully saturated rings. The third kappa shape index (κ3) is 2.08. The van der Waals surface area contributed by atoms with Crippen molar-refractivity contribution in [2.24, 2.45) is 0 Å². The first-order valence-electron chi connectivity index (χ1n) is 5.63. The summed E-state index contributed by atoms with van der Waals surface area (Å²) in [4.78, 5) is 4.42. The van der Waals surface area contributed by atoms with Gasteiger partial charge in [0.15, 0.2) is 11.5 Å². The van der Waals surface area contributed by atoms with Crippen LogP contribution in [-0.4, -0.2) is 21.7 Å². The number of pyridine rings is 1. The molecule has 0 aliphatic rings. The van der Waals surface area contributed by atoms with E-state index in [1.54, 1.807) is 23.9 Å². The van der Waals surface area contributed by atoms with Gasteiger partial charge in [-0.25, -0.2) is 9.50 Å². The highest BCUT2D eigenvalue weighted by Crippen LogP contribution is 2.24. The van der Waals surface area contributed by atoms with Crippen molar-refractivity contribution >= 4 is 22.9 Å². The fourth-order valence-electron chi connectivity index (χ4n) is 1.80. The minimum absolute atomic E-state index is 0.469. The summed E-state index contributed by atoms with van der Waals surface area (Å²) in [5, 5.41) is 4.84. The largest absolute Gasteiger partial charge is 0.497 e.